The van der Waals surface area contributed by atoms with E-state index in [2.05, 4.69) is 0 Å². The Balaban J connectivity index is 0.00000541. The van der Waals surface area contributed by atoms with Gasteiger partial charge in [-0.05, 0) is 12.8 Å². The molecule has 0 unspecified atom stereocenters. The van der Waals surface area contributed by atoms with Gasteiger partial charge in [0.2, 0.25) is 11.0 Å². The van der Waals surface area contributed by atoms with Crippen LogP contribution in [0, 0.1) is 34.1 Å². The monoisotopic (exact) mass is 946 g/mol. The number of nitro groups is 2. The van der Waals surface area contributed by atoms with Crippen LogP contribution in [0.2, 0.25) is 0 Å². The van der Waals surface area contributed by atoms with Gasteiger partial charge in [0.15, 0.2) is 47.5 Å². The summed E-state index contributed by atoms with van der Waals surface area (Å²) in [6, 6.07) is 5.91. The molecule has 2 aromatic carbocycles. The zero-order valence-corrected chi connectivity index (χ0v) is 36.6. The number of halogens is 2. The predicted molar refractivity (Wildman–Crippen MR) is 197 cm³/mol. The number of hydrogen-bond acceptors (Lipinski definition) is 14. The number of benzene rings is 2. The van der Waals surface area contributed by atoms with Gasteiger partial charge in [-0.1, -0.05) is 22.7 Å². The topological polar surface area (TPSA) is 184 Å². The highest BCUT2D eigenvalue weighted by atomic mass is 79.9. The van der Waals surface area contributed by atoms with Crippen molar-refractivity contribution in [1.82, 2.24) is 0 Å². The third kappa shape index (κ3) is 12.6. The first-order valence-electron chi connectivity index (χ1n) is 16.9. The van der Waals surface area contributed by atoms with Crippen molar-refractivity contribution in [2.24, 2.45) is 0 Å². The Hall–Kier alpha value is -4.40. The van der Waals surface area contributed by atoms with E-state index in [1.807, 2.05) is 34.0 Å². The minimum Gasteiger partial charge on any atom is -1.00 e. The van der Waals surface area contributed by atoms with Crippen molar-refractivity contribution in [3.05, 3.63) is 87.8 Å². The molecule has 0 fully saturated rings. The molecular formula is C36H44Br2N4O12S2. The Morgan fingerprint density at radius 1 is 0.625 bits per heavy atom. The lowest BCUT2D eigenvalue weighted by Gasteiger charge is -2.09. The second-order valence-electron chi connectivity index (χ2n) is 12.1. The molecule has 4 aromatic rings. The Bertz CT molecular complexity index is 1850. The molecule has 56 heavy (non-hydrogen) atoms. The molecule has 0 atom stereocenters. The predicted octanol–water partition coefficient (Wildman–Crippen LogP) is -0.611. The van der Waals surface area contributed by atoms with Gasteiger partial charge in [0.05, 0.1) is 84.5 Å². The fourth-order valence-corrected chi connectivity index (χ4v) is 7.63. The summed E-state index contributed by atoms with van der Waals surface area (Å²) in [5.74, 6) is 0.646. The van der Waals surface area contributed by atoms with Gasteiger partial charge in [-0.25, -0.2) is 0 Å². The molecule has 0 aliphatic carbocycles. The standard InChI is InChI=1S/C36H44N4O12S2.2BrH/c1-23-33(53-21-37(23)19-25-15-29(47-3)31(49-5)17-27(25)39(43)44)11-13-51-35(41)9-7-8-10-36(42)52-14-12-34-24(2)38(22-54-34)20-26-16-30(48-4)32(50-6)18-28(26)40(45)46;;/h15-18,21-22H,7-14,19-20H2,1-6H3;2*1H/q+2;;/p-2. The fourth-order valence-electron chi connectivity index (χ4n) is 5.67. The summed E-state index contributed by atoms with van der Waals surface area (Å²) in [6.07, 6.45) is 2.29. The highest BCUT2D eigenvalue weighted by Crippen LogP contribution is 2.36. The molecule has 0 saturated carbocycles. The Morgan fingerprint density at radius 3 is 1.29 bits per heavy atom. The number of carbonyl (C=O) groups is 2. The number of thiazole rings is 2. The number of nitrogens with zero attached hydrogens (tertiary/aromatic N) is 4. The summed E-state index contributed by atoms with van der Waals surface area (Å²) in [5.41, 5.74) is 6.37. The van der Waals surface area contributed by atoms with Gasteiger partial charge < -0.3 is 62.4 Å². The van der Waals surface area contributed by atoms with Crippen LogP contribution >= 0.6 is 22.7 Å². The molecule has 16 nitrogen and oxygen atoms in total. The number of aromatic nitrogens is 2. The number of rotatable bonds is 21. The molecule has 4 rings (SSSR count). The van der Waals surface area contributed by atoms with E-state index in [9.17, 15) is 29.8 Å². The van der Waals surface area contributed by atoms with E-state index in [4.69, 9.17) is 28.4 Å². The molecule has 306 valence electrons. The molecule has 0 saturated heterocycles. The first-order chi connectivity index (χ1) is 25.9. The summed E-state index contributed by atoms with van der Waals surface area (Å²) >= 11 is 2.96. The molecule has 0 N–H and O–H groups in total. The molecule has 0 radical (unpaired) electrons. The Kier molecular flexibility index (Phi) is 19.6. The molecule has 0 spiro atoms. The molecule has 0 aliphatic rings. The van der Waals surface area contributed by atoms with Crippen LogP contribution in [-0.4, -0.2) is 63.4 Å². The number of esters is 2. The summed E-state index contributed by atoms with van der Waals surface area (Å²) < 4.78 is 35.7. The smallest absolute Gasteiger partial charge is 0.305 e. The van der Waals surface area contributed by atoms with E-state index in [0.717, 1.165) is 21.1 Å². The van der Waals surface area contributed by atoms with Gasteiger partial charge >= 0.3 is 11.9 Å². The molecular weight excluding hydrogens is 904 g/mol. The van der Waals surface area contributed by atoms with Crippen LogP contribution in [0.25, 0.3) is 0 Å². The molecule has 0 bridgehead atoms. The Labute approximate surface area is 353 Å². The van der Waals surface area contributed by atoms with E-state index in [0.29, 0.717) is 48.3 Å². The summed E-state index contributed by atoms with van der Waals surface area (Å²) in [6.45, 7) is 4.71. The number of ether oxygens (including phenoxy) is 6. The third-order valence-corrected chi connectivity index (χ3v) is 11.0. The van der Waals surface area contributed by atoms with Gasteiger partial charge in [-0.15, -0.1) is 0 Å². The van der Waals surface area contributed by atoms with Crippen LogP contribution in [0.15, 0.2) is 35.3 Å². The van der Waals surface area contributed by atoms with Gasteiger partial charge in [-0.3, -0.25) is 29.8 Å². The van der Waals surface area contributed by atoms with Crippen molar-refractivity contribution in [2.75, 3.05) is 41.7 Å². The van der Waals surface area contributed by atoms with Crippen molar-refractivity contribution in [3.63, 3.8) is 0 Å². The van der Waals surface area contributed by atoms with Gasteiger partial charge in [-0.2, -0.15) is 9.13 Å². The van der Waals surface area contributed by atoms with Crippen LogP contribution in [0.4, 0.5) is 11.4 Å². The quantitative estimate of drug-likeness (QED) is 0.0340. The third-order valence-electron chi connectivity index (χ3n) is 8.75. The molecule has 2 heterocycles. The van der Waals surface area contributed by atoms with E-state index < -0.39 is 9.85 Å². The number of methoxy groups -OCH3 is 4. The highest BCUT2D eigenvalue weighted by Gasteiger charge is 2.26. The van der Waals surface area contributed by atoms with Crippen LogP contribution < -0.4 is 62.0 Å². The van der Waals surface area contributed by atoms with Crippen molar-refractivity contribution < 1.29 is 91.0 Å². The first-order valence-corrected chi connectivity index (χ1v) is 18.7. The summed E-state index contributed by atoms with van der Waals surface area (Å²) in [5, 5.41) is 23.4. The van der Waals surface area contributed by atoms with Crippen LogP contribution in [-0.2, 0) is 45.0 Å². The van der Waals surface area contributed by atoms with Crippen molar-refractivity contribution >= 4 is 46.0 Å². The molecule has 2 aromatic heterocycles. The minimum absolute atomic E-state index is 0. The lowest BCUT2D eigenvalue weighted by Crippen LogP contribution is -3.00. The van der Waals surface area contributed by atoms with Crippen LogP contribution in [0.1, 0.15) is 58.0 Å². The molecule has 20 heteroatoms. The average molecular weight is 949 g/mol. The normalized spacial score (nSPS) is 10.5. The van der Waals surface area contributed by atoms with Crippen molar-refractivity contribution in [1.29, 1.82) is 0 Å². The minimum atomic E-state index is -0.449. The van der Waals surface area contributed by atoms with Gasteiger partial charge in [0.1, 0.15) is 0 Å². The zero-order chi connectivity index (χ0) is 39.4. The highest BCUT2D eigenvalue weighted by molar-refractivity contribution is 7.09. The van der Waals surface area contributed by atoms with E-state index in [1.165, 1.54) is 63.2 Å². The number of hydrogen-bond donors (Lipinski definition) is 0. The van der Waals surface area contributed by atoms with Crippen LogP contribution in [0.3, 0.4) is 0 Å². The number of unbranched alkanes of at least 4 members (excludes halogenated alkanes) is 1. The first kappa shape index (κ1) is 47.8. The largest absolute Gasteiger partial charge is 1.00 e. The van der Waals surface area contributed by atoms with Gasteiger partial charge in [0, 0.05) is 51.7 Å². The molecule has 0 amide bonds. The molecule has 0 aliphatic heterocycles. The maximum Gasteiger partial charge on any atom is 0.305 e. The maximum absolute atomic E-state index is 12.3. The zero-order valence-electron chi connectivity index (χ0n) is 31.8. The van der Waals surface area contributed by atoms with E-state index >= 15 is 0 Å². The second-order valence-corrected chi connectivity index (χ2v) is 13.9. The fraction of sp³-hybridized carbons (Fsp3) is 0.444. The van der Waals surface area contributed by atoms with E-state index in [-0.39, 0.29) is 108 Å². The number of carbonyl (C=O) groups excluding carboxylic acids is 2. The SMILES string of the molecule is COc1cc(C[n+]2csc(CCOC(=O)CCCCC(=O)OCCc3sc[n+](Cc4cc(OC)c(OC)cc4[N+](=O)[O-])c3C)c2C)c([N+](=O)[O-])cc1OC.[Br-].[Br-]. The second kappa shape index (κ2) is 23.0. The summed E-state index contributed by atoms with van der Waals surface area (Å²) in [7, 11) is 5.79. The lowest BCUT2D eigenvalue weighted by molar-refractivity contribution is -0.690. The van der Waals surface area contributed by atoms with Gasteiger partial charge in [0.25, 0.3) is 11.4 Å². The lowest BCUT2D eigenvalue weighted by atomic mass is 10.1. The maximum atomic E-state index is 12.3. The Morgan fingerprint density at radius 2 is 0.964 bits per heavy atom. The van der Waals surface area contributed by atoms with E-state index in [1.54, 1.807) is 12.1 Å². The average Bonchev–Trinajstić information content (AvgIpc) is 3.68. The summed E-state index contributed by atoms with van der Waals surface area (Å²) in [4.78, 5) is 49.2. The van der Waals surface area contributed by atoms with Crippen molar-refractivity contribution in [2.45, 2.75) is 65.5 Å². The number of nitro benzene ring substituents is 2. The van der Waals surface area contributed by atoms with Crippen molar-refractivity contribution in [3.8, 4) is 23.0 Å². The van der Waals surface area contributed by atoms with Crippen LogP contribution in [0.5, 0.6) is 23.0 Å².